The van der Waals surface area contributed by atoms with Gasteiger partial charge in [-0.05, 0) is 43.3 Å². The highest BCUT2D eigenvalue weighted by molar-refractivity contribution is 6.11. The van der Waals surface area contributed by atoms with Gasteiger partial charge in [0.1, 0.15) is 11.5 Å². The molecule has 2 aromatic rings. The van der Waals surface area contributed by atoms with Gasteiger partial charge in [-0.15, -0.1) is 0 Å². The van der Waals surface area contributed by atoms with Crippen molar-refractivity contribution >= 4 is 17.3 Å². The second kappa shape index (κ2) is 8.87. The molecule has 1 fully saturated rings. The molecule has 0 spiro atoms. The molecule has 3 heterocycles. The molecule has 2 aliphatic heterocycles. The third kappa shape index (κ3) is 4.18. The number of aromatic nitrogens is 1. The molecule has 1 saturated heterocycles. The number of aryl methyl sites for hydroxylation is 1. The first kappa shape index (κ1) is 20.4. The first-order chi connectivity index (χ1) is 14.6. The largest absolute Gasteiger partial charge is 0.411 e. The Morgan fingerprint density at radius 1 is 1.03 bits per heavy atom. The van der Waals surface area contributed by atoms with E-state index in [1.165, 1.54) is 12.1 Å². The number of halogens is 1. The highest BCUT2D eigenvalue weighted by Gasteiger charge is 2.28. The summed E-state index contributed by atoms with van der Waals surface area (Å²) < 4.78 is 14.9. The lowest BCUT2D eigenvalue weighted by molar-refractivity contribution is 0.0745. The average Bonchev–Trinajstić information content (AvgIpc) is 3.08. The Balaban J connectivity index is 1.28. The van der Waals surface area contributed by atoms with Crippen molar-refractivity contribution in [2.75, 3.05) is 50.7 Å². The van der Waals surface area contributed by atoms with E-state index in [9.17, 15) is 14.4 Å². The van der Waals surface area contributed by atoms with Crippen LogP contribution < -0.4 is 4.90 Å². The maximum atomic E-state index is 13.1. The molecule has 1 aromatic carbocycles. The number of fused-ring (bicyclic) bond motifs is 1. The van der Waals surface area contributed by atoms with Gasteiger partial charge in [-0.3, -0.25) is 9.69 Å². The number of rotatable bonds is 5. The second-order valence-corrected chi connectivity index (χ2v) is 7.94. The fraction of sp³-hybridized carbons (Fsp3) is 0.455. The molecule has 0 radical (unpaired) electrons. The smallest absolute Gasteiger partial charge is 0.271 e. The van der Waals surface area contributed by atoms with Crippen molar-refractivity contribution in [1.29, 1.82) is 0 Å². The molecule has 0 atom stereocenters. The van der Waals surface area contributed by atoms with Crippen LogP contribution in [0.3, 0.4) is 0 Å². The Morgan fingerprint density at radius 3 is 2.47 bits per heavy atom. The third-order valence-corrected chi connectivity index (χ3v) is 6.08. The maximum absolute atomic E-state index is 13.1. The summed E-state index contributed by atoms with van der Waals surface area (Å²) in [5.41, 5.74) is 2.95. The fourth-order valence-corrected chi connectivity index (χ4v) is 4.34. The summed E-state index contributed by atoms with van der Waals surface area (Å²) in [6.07, 6.45) is 3.28. The number of anilines is 1. The summed E-state index contributed by atoms with van der Waals surface area (Å²) in [5.74, 6) is -0.211. The Morgan fingerprint density at radius 2 is 1.77 bits per heavy atom. The zero-order valence-corrected chi connectivity index (χ0v) is 17.3. The highest BCUT2D eigenvalue weighted by atomic mass is 19.1. The molecular formula is C22H28FN5O2. The summed E-state index contributed by atoms with van der Waals surface area (Å²) in [5, 5.41) is 12.7. The molecule has 1 N–H and O–H groups in total. The fourth-order valence-electron chi connectivity index (χ4n) is 4.34. The molecule has 4 rings (SSSR count). The first-order valence-corrected chi connectivity index (χ1v) is 10.5. The van der Waals surface area contributed by atoms with E-state index < -0.39 is 0 Å². The number of hydrogen-bond acceptors (Lipinski definition) is 5. The van der Waals surface area contributed by atoms with E-state index >= 15 is 0 Å². The van der Waals surface area contributed by atoms with Gasteiger partial charge in [-0.2, -0.15) is 0 Å². The van der Waals surface area contributed by atoms with Crippen molar-refractivity contribution in [3.8, 4) is 0 Å². The maximum Gasteiger partial charge on any atom is 0.271 e. The van der Waals surface area contributed by atoms with Crippen molar-refractivity contribution in [2.24, 2.45) is 12.2 Å². The van der Waals surface area contributed by atoms with Crippen LogP contribution in [0.1, 0.15) is 28.9 Å². The highest BCUT2D eigenvalue weighted by Crippen LogP contribution is 2.21. The molecule has 8 heteroatoms. The van der Waals surface area contributed by atoms with Crippen LogP contribution >= 0.6 is 0 Å². The summed E-state index contributed by atoms with van der Waals surface area (Å²) in [6, 6.07) is 8.51. The van der Waals surface area contributed by atoms with Crippen molar-refractivity contribution in [3.05, 3.63) is 53.6 Å². The van der Waals surface area contributed by atoms with Gasteiger partial charge < -0.3 is 19.6 Å². The third-order valence-electron chi connectivity index (χ3n) is 6.08. The van der Waals surface area contributed by atoms with Crippen molar-refractivity contribution in [3.63, 3.8) is 0 Å². The van der Waals surface area contributed by atoms with Gasteiger partial charge in [0.15, 0.2) is 0 Å². The Hall–Kier alpha value is -2.87. The predicted molar refractivity (Wildman–Crippen MR) is 114 cm³/mol. The van der Waals surface area contributed by atoms with E-state index in [1.54, 1.807) is 4.57 Å². The van der Waals surface area contributed by atoms with Crippen LogP contribution in [0.15, 0.2) is 41.7 Å². The standard InChI is InChI=1S/C22H28FN5O2/c1-25-11-7-19-20(24-30)8-12-28(22(29)21(19)25)10-2-9-26-13-15-27(16-14-26)18-5-3-17(23)4-6-18/h3-7,11,30H,2,8-10,12-16H2,1H3. The minimum absolute atomic E-state index is 0.00252. The van der Waals surface area contributed by atoms with E-state index in [2.05, 4.69) is 15.0 Å². The van der Waals surface area contributed by atoms with Crippen molar-refractivity contribution < 1.29 is 14.4 Å². The Bertz CT molecular complexity index is 916. The minimum Gasteiger partial charge on any atom is -0.411 e. The van der Waals surface area contributed by atoms with E-state index in [0.29, 0.717) is 30.9 Å². The van der Waals surface area contributed by atoms with E-state index in [1.807, 2.05) is 36.3 Å². The molecule has 160 valence electrons. The Labute approximate surface area is 176 Å². The number of hydrogen-bond donors (Lipinski definition) is 1. The van der Waals surface area contributed by atoms with Crippen LogP contribution in [-0.4, -0.2) is 77.0 Å². The SMILES string of the molecule is Cn1ccc2c1C(=O)N(CCCN1CCN(c3ccc(F)cc3)CC1)CCC2=NO. The molecule has 0 unspecified atom stereocenters. The molecule has 1 aromatic heterocycles. The van der Waals surface area contributed by atoms with Crippen LogP contribution in [0.25, 0.3) is 0 Å². The number of carbonyl (C=O) groups is 1. The summed E-state index contributed by atoms with van der Waals surface area (Å²) >= 11 is 0. The molecule has 0 aliphatic carbocycles. The lowest BCUT2D eigenvalue weighted by Gasteiger charge is -2.36. The molecule has 7 nitrogen and oxygen atoms in total. The van der Waals surface area contributed by atoms with Gasteiger partial charge in [0.05, 0.1) is 5.71 Å². The van der Waals surface area contributed by atoms with Crippen molar-refractivity contribution in [2.45, 2.75) is 12.8 Å². The number of nitrogens with zero attached hydrogens (tertiary/aromatic N) is 5. The van der Waals surface area contributed by atoms with E-state index in [0.717, 1.165) is 50.4 Å². The van der Waals surface area contributed by atoms with Gasteiger partial charge in [0, 0.05) is 70.2 Å². The summed E-state index contributed by atoms with van der Waals surface area (Å²) in [4.78, 5) is 19.6. The lowest BCUT2D eigenvalue weighted by Crippen LogP contribution is -2.47. The summed E-state index contributed by atoms with van der Waals surface area (Å²) in [7, 11) is 1.84. The van der Waals surface area contributed by atoms with Crippen LogP contribution in [0.5, 0.6) is 0 Å². The van der Waals surface area contributed by atoms with Gasteiger partial charge in [-0.25, -0.2) is 4.39 Å². The molecule has 2 aliphatic rings. The zero-order valence-electron chi connectivity index (χ0n) is 17.3. The van der Waals surface area contributed by atoms with Crippen LogP contribution in [0.4, 0.5) is 10.1 Å². The number of amides is 1. The molecular weight excluding hydrogens is 385 g/mol. The van der Waals surface area contributed by atoms with Gasteiger partial charge in [0.2, 0.25) is 0 Å². The van der Waals surface area contributed by atoms with Gasteiger partial charge >= 0.3 is 0 Å². The lowest BCUT2D eigenvalue weighted by atomic mass is 10.1. The Kier molecular flexibility index (Phi) is 6.03. The van der Waals surface area contributed by atoms with Crippen LogP contribution in [0, 0.1) is 5.82 Å². The topological polar surface area (TPSA) is 64.3 Å². The number of benzene rings is 1. The predicted octanol–water partition coefficient (Wildman–Crippen LogP) is 2.40. The van der Waals surface area contributed by atoms with E-state index in [4.69, 9.17) is 0 Å². The summed E-state index contributed by atoms with van der Waals surface area (Å²) in [6.45, 7) is 5.91. The normalized spacial score (nSPS) is 19.3. The van der Waals surface area contributed by atoms with E-state index in [-0.39, 0.29) is 11.7 Å². The molecule has 0 bridgehead atoms. The zero-order chi connectivity index (χ0) is 21.1. The molecule has 1 amide bonds. The quantitative estimate of drug-likeness (QED) is 0.604. The average molecular weight is 413 g/mol. The first-order valence-electron chi connectivity index (χ1n) is 10.5. The van der Waals surface area contributed by atoms with Crippen LogP contribution in [-0.2, 0) is 7.05 Å². The van der Waals surface area contributed by atoms with Gasteiger partial charge in [-0.1, -0.05) is 5.16 Å². The van der Waals surface area contributed by atoms with Crippen LogP contribution in [0.2, 0.25) is 0 Å². The van der Waals surface area contributed by atoms with Gasteiger partial charge in [0.25, 0.3) is 5.91 Å². The minimum atomic E-state index is -0.208. The monoisotopic (exact) mass is 413 g/mol. The number of piperazine rings is 1. The van der Waals surface area contributed by atoms with Crippen molar-refractivity contribution in [1.82, 2.24) is 14.4 Å². The number of carbonyl (C=O) groups excluding carboxylic acids is 1. The number of oxime groups is 1. The molecule has 0 saturated carbocycles. The molecule has 30 heavy (non-hydrogen) atoms. The second-order valence-electron chi connectivity index (χ2n) is 7.94.